The van der Waals surface area contributed by atoms with Gasteiger partial charge in [0.05, 0.1) is 5.56 Å². The minimum atomic E-state index is -4.53. The second kappa shape index (κ2) is 5.11. The molecule has 9 heteroatoms. The summed E-state index contributed by atoms with van der Waals surface area (Å²) >= 11 is 0. The first-order valence-electron chi connectivity index (χ1n) is 5.26. The van der Waals surface area contributed by atoms with Crippen LogP contribution < -0.4 is 10.9 Å². The topological polar surface area (TPSA) is 87.7 Å². The minimum absolute atomic E-state index is 0.149. The van der Waals surface area contributed by atoms with E-state index in [1.54, 1.807) is 0 Å². The first kappa shape index (κ1) is 13.7. The van der Waals surface area contributed by atoms with Gasteiger partial charge in [0.2, 0.25) is 0 Å². The molecule has 0 spiro atoms. The molecule has 0 aliphatic rings. The van der Waals surface area contributed by atoms with Crippen LogP contribution in [0.5, 0.6) is 0 Å². The number of alkyl halides is 3. The summed E-state index contributed by atoms with van der Waals surface area (Å²) in [5.41, 5.74) is -1.58. The van der Waals surface area contributed by atoms with Crippen molar-refractivity contribution in [1.82, 2.24) is 15.2 Å². The number of carbonyl (C=O) groups excluding carboxylic acids is 1. The Morgan fingerprint density at radius 3 is 2.60 bits per heavy atom. The van der Waals surface area contributed by atoms with Crippen LogP contribution in [0.3, 0.4) is 0 Å². The highest BCUT2D eigenvalue weighted by atomic mass is 19.4. The van der Waals surface area contributed by atoms with E-state index in [0.29, 0.717) is 6.07 Å². The van der Waals surface area contributed by atoms with Crippen LogP contribution in [0.2, 0.25) is 0 Å². The standard InChI is InChI=1S/C11H7F3N4O2/c12-11(13,14)6-3-4-15-8(5-6)16-10(20)7-1-2-9(19)18-17-7/h1-5H,(H,18,19)(H,15,16,20). The number of pyridine rings is 1. The zero-order chi connectivity index (χ0) is 14.8. The van der Waals surface area contributed by atoms with Crippen molar-refractivity contribution in [3.63, 3.8) is 0 Å². The van der Waals surface area contributed by atoms with Crippen molar-refractivity contribution in [2.24, 2.45) is 0 Å². The Balaban J connectivity index is 2.20. The van der Waals surface area contributed by atoms with Crippen molar-refractivity contribution in [1.29, 1.82) is 0 Å². The third kappa shape index (κ3) is 3.19. The Bertz CT molecular complexity index is 676. The van der Waals surface area contributed by atoms with Gasteiger partial charge in [0.25, 0.3) is 11.5 Å². The lowest BCUT2D eigenvalue weighted by Gasteiger charge is -2.08. The fourth-order valence-corrected chi connectivity index (χ4v) is 1.33. The lowest BCUT2D eigenvalue weighted by molar-refractivity contribution is -0.137. The first-order valence-corrected chi connectivity index (χ1v) is 5.26. The third-order valence-electron chi connectivity index (χ3n) is 2.24. The van der Waals surface area contributed by atoms with E-state index in [1.807, 2.05) is 5.10 Å². The van der Waals surface area contributed by atoms with E-state index < -0.39 is 23.2 Å². The van der Waals surface area contributed by atoms with Gasteiger partial charge in [-0.15, -0.1) is 0 Å². The van der Waals surface area contributed by atoms with Gasteiger partial charge in [0, 0.05) is 12.3 Å². The van der Waals surface area contributed by atoms with E-state index in [4.69, 9.17) is 0 Å². The van der Waals surface area contributed by atoms with Gasteiger partial charge in [0.1, 0.15) is 11.5 Å². The molecule has 0 fully saturated rings. The zero-order valence-corrected chi connectivity index (χ0v) is 9.73. The van der Waals surface area contributed by atoms with Crippen molar-refractivity contribution in [3.05, 3.63) is 52.1 Å². The molecule has 1 amide bonds. The monoisotopic (exact) mass is 284 g/mol. The number of aromatic nitrogens is 3. The molecular weight excluding hydrogens is 277 g/mol. The Labute approximate surface area is 109 Å². The summed E-state index contributed by atoms with van der Waals surface area (Å²) in [7, 11) is 0. The molecule has 0 aliphatic heterocycles. The Morgan fingerprint density at radius 2 is 2.00 bits per heavy atom. The molecule has 2 aromatic rings. The molecule has 2 rings (SSSR count). The highest BCUT2D eigenvalue weighted by molar-refractivity contribution is 6.02. The van der Waals surface area contributed by atoms with Crippen molar-refractivity contribution in [2.45, 2.75) is 6.18 Å². The molecule has 0 bridgehead atoms. The average Bonchev–Trinajstić information content (AvgIpc) is 2.38. The number of amides is 1. The Morgan fingerprint density at radius 1 is 1.25 bits per heavy atom. The summed E-state index contributed by atoms with van der Waals surface area (Å²) < 4.78 is 37.4. The van der Waals surface area contributed by atoms with Gasteiger partial charge in [0.15, 0.2) is 0 Å². The highest BCUT2D eigenvalue weighted by Gasteiger charge is 2.30. The molecule has 0 saturated carbocycles. The Hall–Kier alpha value is -2.71. The van der Waals surface area contributed by atoms with Crippen LogP contribution in [0.25, 0.3) is 0 Å². The van der Waals surface area contributed by atoms with Crippen LogP contribution in [-0.2, 0) is 6.18 Å². The van der Waals surface area contributed by atoms with Gasteiger partial charge >= 0.3 is 6.18 Å². The molecular formula is C11H7F3N4O2. The van der Waals surface area contributed by atoms with Gasteiger partial charge < -0.3 is 5.32 Å². The zero-order valence-electron chi connectivity index (χ0n) is 9.73. The molecule has 2 N–H and O–H groups in total. The number of hydrogen-bond donors (Lipinski definition) is 2. The van der Waals surface area contributed by atoms with Gasteiger partial charge in [-0.05, 0) is 18.2 Å². The molecule has 0 atom stereocenters. The minimum Gasteiger partial charge on any atom is -0.305 e. The maximum atomic E-state index is 12.5. The summed E-state index contributed by atoms with van der Waals surface area (Å²) in [6.07, 6.45) is -3.60. The fourth-order valence-electron chi connectivity index (χ4n) is 1.33. The van der Waals surface area contributed by atoms with Crippen LogP contribution in [0.15, 0.2) is 35.3 Å². The summed E-state index contributed by atoms with van der Waals surface area (Å²) in [6, 6.07) is 3.70. The SMILES string of the molecule is O=C(Nc1cc(C(F)(F)F)ccn1)c1ccc(=O)[nH]n1. The van der Waals surface area contributed by atoms with Crippen molar-refractivity contribution in [2.75, 3.05) is 5.32 Å². The van der Waals surface area contributed by atoms with Gasteiger partial charge in [-0.2, -0.15) is 18.3 Å². The smallest absolute Gasteiger partial charge is 0.305 e. The van der Waals surface area contributed by atoms with Crippen molar-refractivity contribution >= 4 is 11.7 Å². The van der Waals surface area contributed by atoms with E-state index in [9.17, 15) is 22.8 Å². The molecule has 0 unspecified atom stereocenters. The molecule has 0 saturated heterocycles. The molecule has 2 aromatic heterocycles. The summed E-state index contributed by atoms with van der Waals surface area (Å²) in [6.45, 7) is 0. The maximum absolute atomic E-state index is 12.5. The lowest BCUT2D eigenvalue weighted by Crippen LogP contribution is -2.18. The van der Waals surface area contributed by atoms with Crippen LogP contribution in [0.1, 0.15) is 16.1 Å². The van der Waals surface area contributed by atoms with Crippen LogP contribution >= 0.6 is 0 Å². The van der Waals surface area contributed by atoms with Crippen LogP contribution in [0.4, 0.5) is 19.0 Å². The van der Waals surface area contributed by atoms with E-state index in [2.05, 4.69) is 15.4 Å². The normalized spacial score (nSPS) is 11.2. The number of hydrogen-bond acceptors (Lipinski definition) is 4. The second-order valence-corrected chi connectivity index (χ2v) is 3.69. The highest BCUT2D eigenvalue weighted by Crippen LogP contribution is 2.29. The van der Waals surface area contributed by atoms with Gasteiger partial charge in [-0.3, -0.25) is 9.59 Å². The summed E-state index contributed by atoms with van der Waals surface area (Å²) in [5, 5.41) is 7.64. The van der Waals surface area contributed by atoms with Gasteiger partial charge in [-0.1, -0.05) is 0 Å². The van der Waals surface area contributed by atoms with E-state index in [1.165, 1.54) is 0 Å². The van der Waals surface area contributed by atoms with Gasteiger partial charge in [-0.25, -0.2) is 10.1 Å². The molecule has 0 radical (unpaired) electrons. The number of aromatic amines is 1. The predicted octanol–water partition coefficient (Wildman–Crippen LogP) is 1.44. The number of carbonyl (C=O) groups is 1. The van der Waals surface area contributed by atoms with Crippen LogP contribution in [0, 0.1) is 0 Å². The fraction of sp³-hybridized carbons (Fsp3) is 0.0909. The lowest BCUT2D eigenvalue weighted by atomic mass is 10.2. The predicted molar refractivity (Wildman–Crippen MR) is 62.0 cm³/mol. The maximum Gasteiger partial charge on any atom is 0.416 e. The largest absolute Gasteiger partial charge is 0.416 e. The number of nitrogens with zero attached hydrogens (tertiary/aromatic N) is 2. The quantitative estimate of drug-likeness (QED) is 0.873. The number of halogens is 3. The summed E-state index contributed by atoms with van der Waals surface area (Å²) in [4.78, 5) is 26.0. The molecule has 20 heavy (non-hydrogen) atoms. The first-order chi connectivity index (χ1) is 9.36. The molecule has 0 aliphatic carbocycles. The molecule has 0 aromatic carbocycles. The Kier molecular flexibility index (Phi) is 3.51. The van der Waals surface area contributed by atoms with Crippen molar-refractivity contribution < 1.29 is 18.0 Å². The average molecular weight is 284 g/mol. The molecule has 6 nitrogen and oxygen atoms in total. The third-order valence-corrected chi connectivity index (χ3v) is 2.24. The number of anilines is 1. The van der Waals surface area contributed by atoms with E-state index in [-0.39, 0.29) is 11.5 Å². The molecule has 104 valence electrons. The number of H-pyrrole nitrogens is 1. The number of rotatable bonds is 2. The van der Waals surface area contributed by atoms with Crippen LogP contribution in [-0.4, -0.2) is 21.1 Å². The van der Waals surface area contributed by atoms with E-state index in [0.717, 1.165) is 24.4 Å². The van der Waals surface area contributed by atoms with E-state index >= 15 is 0 Å². The number of nitrogens with one attached hydrogen (secondary N) is 2. The molecule has 2 heterocycles. The summed E-state index contributed by atoms with van der Waals surface area (Å²) in [5.74, 6) is -1.05. The van der Waals surface area contributed by atoms with Crippen molar-refractivity contribution in [3.8, 4) is 0 Å². The second-order valence-electron chi connectivity index (χ2n) is 3.69.